The summed E-state index contributed by atoms with van der Waals surface area (Å²) in [6.07, 6.45) is 4.98. The number of fused-ring (bicyclic) bond motifs is 1. The Hall–Kier alpha value is -3.20. The van der Waals surface area contributed by atoms with Crippen molar-refractivity contribution in [3.8, 4) is 0 Å². The second-order valence-corrected chi connectivity index (χ2v) is 11.0. The zero-order chi connectivity index (χ0) is 25.8. The van der Waals surface area contributed by atoms with Gasteiger partial charge in [0, 0.05) is 6.42 Å². The first-order valence-corrected chi connectivity index (χ1v) is 13.0. The number of hydrogen-bond donors (Lipinski definition) is 0. The van der Waals surface area contributed by atoms with Crippen molar-refractivity contribution in [2.24, 2.45) is 0 Å². The van der Waals surface area contributed by atoms with Crippen molar-refractivity contribution >= 4 is 32.7 Å². The summed E-state index contributed by atoms with van der Waals surface area (Å²) in [5.74, 6) is -0.150. The van der Waals surface area contributed by atoms with E-state index in [0.717, 1.165) is 24.4 Å². The van der Waals surface area contributed by atoms with Crippen LogP contribution in [0.5, 0.6) is 0 Å². The molecule has 0 unspecified atom stereocenters. The molecule has 2 aromatic carbocycles. The number of hydrogen-bond acceptors (Lipinski definition) is 5. The molecule has 1 aromatic heterocycles. The molecule has 0 fully saturated rings. The largest absolute Gasteiger partial charge is 0.459 e. The molecule has 0 aliphatic carbocycles. The number of rotatable bonds is 9. The number of imidazole rings is 1. The highest BCUT2D eigenvalue weighted by molar-refractivity contribution is 7.92. The molecule has 0 aliphatic heterocycles. The van der Waals surface area contributed by atoms with E-state index < -0.39 is 21.4 Å². The lowest BCUT2D eigenvalue weighted by Gasteiger charge is -2.23. The molecule has 3 rings (SSSR count). The first-order valence-electron chi connectivity index (χ1n) is 11.6. The minimum atomic E-state index is -3.96. The molecule has 0 N–H and O–H groups in total. The molecule has 0 aliphatic rings. The minimum Gasteiger partial charge on any atom is -0.459 e. The second kappa shape index (κ2) is 10.6. The highest BCUT2D eigenvalue weighted by Gasteiger charge is 2.26. The number of nitrogens with zero attached hydrogens (tertiary/aromatic N) is 3. The minimum absolute atomic E-state index is 0.00868. The van der Waals surface area contributed by atoms with Gasteiger partial charge < -0.3 is 9.30 Å². The van der Waals surface area contributed by atoms with E-state index in [1.807, 2.05) is 32.3 Å². The number of aromatic nitrogens is 2. The number of carbonyl (C=O) groups is 1. The van der Waals surface area contributed by atoms with E-state index in [-0.39, 0.29) is 24.0 Å². The van der Waals surface area contributed by atoms with Gasteiger partial charge in [-0.2, -0.15) is 0 Å². The Bertz CT molecular complexity index is 1320. The van der Waals surface area contributed by atoms with Crippen molar-refractivity contribution in [3.05, 3.63) is 66.3 Å². The molecule has 3 aromatic rings. The smallest absolute Gasteiger partial charge is 0.326 e. The number of aryl methyl sites for hydroxylation is 1. The van der Waals surface area contributed by atoms with Crippen LogP contribution in [0.3, 0.4) is 0 Å². The molecule has 0 radical (unpaired) electrons. The van der Waals surface area contributed by atoms with Gasteiger partial charge in [-0.1, -0.05) is 19.1 Å². The van der Waals surface area contributed by atoms with Gasteiger partial charge in [0.25, 0.3) is 10.0 Å². The summed E-state index contributed by atoms with van der Waals surface area (Å²) in [6, 6.07) is 9.91. The summed E-state index contributed by atoms with van der Waals surface area (Å²) in [6.45, 7) is 9.39. The molecule has 7 nitrogen and oxygen atoms in total. The summed E-state index contributed by atoms with van der Waals surface area (Å²) in [7, 11) is -3.96. The van der Waals surface area contributed by atoms with E-state index in [2.05, 4.69) is 0 Å². The van der Waals surface area contributed by atoms with Gasteiger partial charge in [0.15, 0.2) is 0 Å². The normalized spacial score (nSPS) is 12.4. The molecule has 0 saturated carbocycles. The van der Waals surface area contributed by atoms with Crippen LogP contribution in [0.15, 0.2) is 59.5 Å². The van der Waals surface area contributed by atoms with Gasteiger partial charge in [0.1, 0.15) is 23.8 Å². The third-order valence-electron chi connectivity index (χ3n) is 5.19. The molecular formula is C26H32FN3O4S. The van der Waals surface area contributed by atoms with E-state index in [4.69, 9.17) is 9.72 Å². The van der Waals surface area contributed by atoms with Crippen LogP contribution in [0.2, 0.25) is 0 Å². The van der Waals surface area contributed by atoms with Gasteiger partial charge in [-0.25, -0.2) is 17.8 Å². The number of carbonyl (C=O) groups excluding carboxylic acids is 1. The van der Waals surface area contributed by atoms with Gasteiger partial charge in [0.05, 0.1) is 28.2 Å². The summed E-state index contributed by atoms with van der Waals surface area (Å²) in [4.78, 5) is 17.2. The number of allylic oxidation sites excluding steroid dienone is 1. The van der Waals surface area contributed by atoms with Crippen molar-refractivity contribution in [2.75, 3.05) is 10.8 Å². The fraction of sp³-hybridized carbons (Fsp3) is 0.385. The molecule has 0 bridgehead atoms. The molecule has 0 atom stereocenters. The maximum Gasteiger partial charge on any atom is 0.326 e. The first kappa shape index (κ1) is 26.4. The van der Waals surface area contributed by atoms with E-state index in [9.17, 15) is 17.6 Å². The number of anilines is 1. The average Bonchev–Trinajstić information content (AvgIpc) is 3.09. The number of halogens is 1. The van der Waals surface area contributed by atoms with Crippen molar-refractivity contribution in [1.82, 2.24) is 9.55 Å². The van der Waals surface area contributed by atoms with Gasteiger partial charge in [-0.15, -0.1) is 0 Å². The quantitative estimate of drug-likeness (QED) is 0.296. The maximum atomic E-state index is 13.4. The molecule has 1 heterocycles. The lowest BCUT2D eigenvalue weighted by atomic mass is 10.2. The Labute approximate surface area is 206 Å². The molecule has 188 valence electrons. The van der Waals surface area contributed by atoms with Crippen LogP contribution >= 0.6 is 0 Å². The Balaban J connectivity index is 2.06. The summed E-state index contributed by atoms with van der Waals surface area (Å²) in [5.41, 5.74) is 1.11. The molecule has 0 spiro atoms. The molecule has 35 heavy (non-hydrogen) atoms. The van der Waals surface area contributed by atoms with Gasteiger partial charge in [-0.3, -0.25) is 9.10 Å². The van der Waals surface area contributed by atoms with Crippen molar-refractivity contribution < 1.29 is 22.3 Å². The van der Waals surface area contributed by atoms with Crippen LogP contribution in [0.25, 0.3) is 11.0 Å². The number of esters is 1. The van der Waals surface area contributed by atoms with E-state index in [1.165, 1.54) is 16.4 Å². The monoisotopic (exact) mass is 501 g/mol. The highest BCUT2D eigenvalue weighted by atomic mass is 32.2. The van der Waals surface area contributed by atoms with Crippen molar-refractivity contribution in [3.63, 3.8) is 0 Å². The van der Waals surface area contributed by atoms with Crippen LogP contribution in [-0.4, -0.2) is 36.1 Å². The third kappa shape index (κ3) is 6.28. The Morgan fingerprint density at radius 3 is 2.46 bits per heavy atom. The number of sulfonamides is 1. The second-order valence-electron chi connectivity index (χ2n) is 9.18. The van der Waals surface area contributed by atoms with Crippen LogP contribution < -0.4 is 4.31 Å². The maximum absolute atomic E-state index is 13.4. The van der Waals surface area contributed by atoms with Crippen molar-refractivity contribution in [1.29, 1.82) is 0 Å². The number of benzene rings is 2. The molecule has 9 heteroatoms. The van der Waals surface area contributed by atoms with E-state index >= 15 is 0 Å². The Kier molecular flexibility index (Phi) is 8.00. The van der Waals surface area contributed by atoms with Gasteiger partial charge in [-0.05, 0) is 76.6 Å². The SMILES string of the molecule is CC=CCN(c1ccc2c(c1)nc(CCC)n2CC(=O)OC(C)(C)C)S(=O)(=O)c1ccc(F)cc1. The van der Waals surface area contributed by atoms with Gasteiger partial charge in [0.2, 0.25) is 0 Å². The van der Waals surface area contributed by atoms with Crippen LogP contribution in [0.1, 0.15) is 46.9 Å². The summed E-state index contributed by atoms with van der Waals surface area (Å²) in [5, 5.41) is 0. The number of ether oxygens (including phenoxy) is 1. The topological polar surface area (TPSA) is 81.5 Å². The van der Waals surface area contributed by atoms with E-state index in [1.54, 1.807) is 37.3 Å². The fourth-order valence-electron chi connectivity index (χ4n) is 3.69. The standard InChI is InChI=1S/C26H32FN3O4S/c1-6-8-16-30(35(32,33)21-13-10-19(27)11-14-21)20-12-15-23-22(17-20)28-24(9-7-2)29(23)18-25(31)34-26(3,4)5/h6,8,10-15,17H,7,9,16,18H2,1-5H3. The molecule has 0 saturated heterocycles. The summed E-state index contributed by atoms with van der Waals surface area (Å²) < 4.78 is 48.8. The van der Waals surface area contributed by atoms with E-state index in [0.29, 0.717) is 23.1 Å². The molecular weight excluding hydrogens is 469 g/mol. The van der Waals surface area contributed by atoms with Crippen molar-refractivity contribution in [2.45, 2.75) is 64.5 Å². The fourth-order valence-corrected chi connectivity index (χ4v) is 5.10. The first-order chi connectivity index (χ1) is 16.5. The predicted molar refractivity (Wildman–Crippen MR) is 135 cm³/mol. The third-order valence-corrected chi connectivity index (χ3v) is 7.00. The Morgan fingerprint density at radius 2 is 1.86 bits per heavy atom. The van der Waals surface area contributed by atoms with Crippen LogP contribution in [0.4, 0.5) is 10.1 Å². The summed E-state index contributed by atoms with van der Waals surface area (Å²) >= 11 is 0. The lowest BCUT2D eigenvalue weighted by molar-refractivity contribution is -0.155. The predicted octanol–water partition coefficient (Wildman–Crippen LogP) is 5.24. The zero-order valence-electron chi connectivity index (χ0n) is 20.8. The average molecular weight is 502 g/mol. The van der Waals surface area contributed by atoms with Gasteiger partial charge >= 0.3 is 5.97 Å². The Morgan fingerprint density at radius 1 is 1.17 bits per heavy atom. The highest BCUT2D eigenvalue weighted by Crippen LogP contribution is 2.28. The zero-order valence-corrected chi connectivity index (χ0v) is 21.6. The van der Waals surface area contributed by atoms with Crippen LogP contribution in [0, 0.1) is 5.82 Å². The van der Waals surface area contributed by atoms with Crippen LogP contribution in [-0.2, 0) is 32.5 Å². The molecule has 0 amide bonds. The lowest BCUT2D eigenvalue weighted by Crippen LogP contribution is -2.31.